The highest BCUT2D eigenvalue weighted by atomic mass is 79.9. The van der Waals surface area contributed by atoms with Crippen LogP contribution in [0.25, 0.3) is 0 Å². The average Bonchev–Trinajstić information content (AvgIpc) is 3.36. The number of epoxide rings is 1. The van der Waals surface area contributed by atoms with Crippen LogP contribution in [0.5, 0.6) is 0 Å². The van der Waals surface area contributed by atoms with E-state index < -0.39 is 23.4 Å². The van der Waals surface area contributed by atoms with Gasteiger partial charge in [0.1, 0.15) is 22.7 Å². The lowest BCUT2D eigenvalue weighted by molar-refractivity contribution is -0.169. The Morgan fingerprint density at radius 2 is 2.13 bits per heavy atom. The number of hydrogen-bond acceptors (Lipinski definition) is 4. The molecule has 0 spiro atoms. The monoisotopic (exact) mass is 578 g/mol. The standard InChI is InChI=1S/C24H35BrO4S.BrH/c1-16(2)8-9-20-23(3,29-20)22-21(28-4)19(26)10-12-24(22,27)15-30-13-11-17-6-5-7-18(25)14-17;/h5-8,14,19-22,26-27H,9-13,15H2,1-4H3;1H. The molecular weight excluding hydrogens is 544 g/mol. The zero-order chi connectivity index (χ0) is 21.9. The summed E-state index contributed by atoms with van der Waals surface area (Å²) in [5.74, 6) is 1.42. The fraction of sp³-hybridized carbons (Fsp3) is 0.667. The van der Waals surface area contributed by atoms with Gasteiger partial charge in [0.2, 0.25) is 0 Å². The normalized spacial score (nSPS) is 34.7. The first-order valence-corrected chi connectivity index (χ1v) is 12.9. The maximum Gasteiger partial charge on any atom is 0.134 e. The van der Waals surface area contributed by atoms with Crippen molar-refractivity contribution in [2.45, 2.75) is 76.0 Å². The van der Waals surface area contributed by atoms with Crippen molar-refractivity contribution in [1.29, 1.82) is 0 Å². The molecule has 1 aromatic rings. The van der Waals surface area contributed by atoms with Crippen molar-refractivity contribution < 1.29 is 36.7 Å². The number of ether oxygens (including phenoxy) is 2. The molecule has 4 nitrogen and oxygen atoms in total. The van der Waals surface area contributed by atoms with Crippen molar-refractivity contribution in [3.63, 3.8) is 0 Å². The van der Waals surface area contributed by atoms with Gasteiger partial charge in [0.05, 0.1) is 24.2 Å². The molecule has 1 aliphatic heterocycles. The Hall–Kier alpha value is 0.110. The molecule has 1 saturated heterocycles. The van der Waals surface area contributed by atoms with Crippen molar-refractivity contribution in [2.75, 3.05) is 18.6 Å². The van der Waals surface area contributed by atoms with Crippen molar-refractivity contribution in [2.24, 2.45) is 5.92 Å². The van der Waals surface area contributed by atoms with Crippen molar-refractivity contribution in [3.05, 3.63) is 46.0 Å². The third kappa shape index (κ3) is 6.58. The van der Waals surface area contributed by atoms with Crippen LogP contribution >= 0.6 is 15.9 Å². The topological polar surface area (TPSA) is 62.2 Å². The first-order chi connectivity index (χ1) is 14.2. The number of halogens is 2. The summed E-state index contributed by atoms with van der Waals surface area (Å²) in [6.45, 7) is 6.25. The van der Waals surface area contributed by atoms with Gasteiger partial charge in [-0.15, -0.1) is 0 Å². The number of aliphatic hydroxyl groups excluding tert-OH is 1. The lowest BCUT2D eigenvalue weighted by Crippen LogP contribution is -3.00. The Balaban J connectivity index is 0.00000341. The second-order valence-electron chi connectivity index (χ2n) is 9.18. The van der Waals surface area contributed by atoms with Crippen molar-refractivity contribution >= 4 is 27.7 Å². The third-order valence-electron chi connectivity index (χ3n) is 6.60. The van der Waals surface area contributed by atoms with E-state index in [1.54, 1.807) is 7.11 Å². The summed E-state index contributed by atoms with van der Waals surface area (Å²) < 4.78 is 13.0. The zero-order valence-corrected chi connectivity index (χ0v) is 22.9. The largest absolute Gasteiger partial charge is 1.00 e. The van der Waals surface area contributed by atoms with Crippen LogP contribution in [0.1, 0.15) is 45.6 Å². The SMILES string of the molecule is COC1C(O)CCC(O)(C[SH+]CCc2cccc(Br)c2)C1C1(C)OC1CC=C(C)C.[Br-]. The Labute approximate surface area is 210 Å². The molecule has 1 aromatic carbocycles. The van der Waals surface area contributed by atoms with Crippen LogP contribution in [0.2, 0.25) is 0 Å². The van der Waals surface area contributed by atoms with Crippen LogP contribution < -0.4 is 17.0 Å². The molecule has 0 aromatic heterocycles. The molecule has 1 aliphatic carbocycles. The lowest BCUT2D eigenvalue weighted by Gasteiger charge is -2.46. The van der Waals surface area contributed by atoms with Gasteiger partial charge in [-0.25, -0.2) is 0 Å². The molecule has 6 atom stereocenters. The average molecular weight is 580 g/mol. The molecule has 2 fully saturated rings. The van der Waals surface area contributed by atoms with E-state index in [9.17, 15) is 10.2 Å². The minimum absolute atomic E-state index is 0. The van der Waals surface area contributed by atoms with Gasteiger partial charge >= 0.3 is 0 Å². The Morgan fingerprint density at radius 3 is 2.77 bits per heavy atom. The molecular formula is C24H36Br2O4S. The summed E-state index contributed by atoms with van der Waals surface area (Å²) in [7, 11) is 1.63. The van der Waals surface area contributed by atoms with Gasteiger partial charge in [0.25, 0.3) is 0 Å². The fourth-order valence-corrected chi connectivity index (χ4v) is 6.68. The van der Waals surface area contributed by atoms with E-state index in [4.69, 9.17) is 9.47 Å². The minimum Gasteiger partial charge on any atom is -1.00 e. The second kappa shape index (κ2) is 11.5. The molecule has 0 radical (unpaired) electrons. The highest BCUT2D eigenvalue weighted by molar-refractivity contribution is 9.10. The van der Waals surface area contributed by atoms with E-state index in [-0.39, 0.29) is 29.0 Å². The van der Waals surface area contributed by atoms with Crippen LogP contribution in [-0.4, -0.2) is 58.3 Å². The van der Waals surface area contributed by atoms with Crippen LogP contribution in [0, 0.1) is 5.92 Å². The van der Waals surface area contributed by atoms with E-state index in [1.165, 1.54) is 22.9 Å². The van der Waals surface area contributed by atoms with Gasteiger partial charge in [-0.3, -0.25) is 0 Å². The third-order valence-corrected chi connectivity index (χ3v) is 8.41. The lowest BCUT2D eigenvalue weighted by atomic mass is 9.66. The number of rotatable bonds is 9. The molecule has 1 saturated carbocycles. The number of methoxy groups -OCH3 is 1. The molecule has 7 heteroatoms. The van der Waals surface area contributed by atoms with E-state index in [0.717, 1.165) is 23.1 Å². The predicted molar refractivity (Wildman–Crippen MR) is 128 cm³/mol. The highest BCUT2D eigenvalue weighted by Crippen LogP contribution is 2.54. The molecule has 2 aliphatic rings. The van der Waals surface area contributed by atoms with Crippen LogP contribution in [-0.2, 0) is 27.7 Å². The van der Waals surface area contributed by atoms with Crippen molar-refractivity contribution in [1.82, 2.24) is 0 Å². The molecule has 6 unspecified atom stereocenters. The molecule has 2 N–H and O–H groups in total. The number of hydrogen-bond donors (Lipinski definition) is 2. The number of benzene rings is 1. The molecule has 176 valence electrons. The summed E-state index contributed by atoms with van der Waals surface area (Å²) in [4.78, 5) is 0. The van der Waals surface area contributed by atoms with Gasteiger partial charge in [-0.1, -0.05) is 39.7 Å². The summed E-state index contributed by atoms with van der Waals surface area (Å²) in [6, 6.07) is 8.39. The quantitative estimate of drug-likeness (QED) is 0.150. The summed E-state index contributed by atoms with van der Waals surface area (Å²) in [6.07, 6.45) is 4.22. The molecule has 3 rings (SSSR count). The molecule has 1 heterocycles. The number of aryl methyl sites for hydroxylation is 1. The minimum atomic E-state index is -0.896. The maximum atomic E-state index is 11.8. The molecule has 0 bridgehead atoms. The van der Waals surface area contributed by atoms with Gasteiger partial charge < -0.3 is 36.7 Å². The summed E-state index contributed by atoms with van der Waals surface area (Å²) in [5.41, 5.74) is 1.20. The zero-order valence-electron chi connectivity index (χ0n) is 18.9. The Bertz CT molecular complexity index is 757. The van der Waals surface area contributed by atoms with E-state index in [1.807, 2.05) is 6.07 Å². The van der Waals surface area contributed by atoms with Crippen LogP contribution in [0.3, 0.4) is 0 Å². The fourth-order valence-electron chi connectivity index (χ4n) is 4.92. The van der Waals surface area contributed by atoms with Crippen LogP contribution in [0.15, 0.2) is 40.4 Å². The smallest absolute Gasteiger partial charge is 0.134 e. The number of aliphatic hydroxyl groups is 2. The van der Waals surface area contributed by atoms with Gasteiger partial charge in [0.15, 0.2) is 0 Å². The first-order valence-electron chi connectivity index (χ1n) is 10.8. The highest BCUT2D eigenvalue weighted by Gasteiger charge is 2.67. The van der Waals surface area contributed by atoms with E-state index >= 15 is 0 Å². The molecule has 31 heavy (non-hydrogen) atoms. The first kappa shape index (κ1) is 27.4. The van der Waals surface area contributed by atoms with Gasteiger partial charge in [-0.2, -0.15) is 0 Å². The predicted octanol–water partition coefficient (Wildman–Crippen LogP) is 0.841. The van der Waals surface area contributed by atoms with Gasteiger partial charge in [-0.05, 0) is 69.5 Å². The summed E-state index contributed by atoms with van der Waals surface area (Å²) >= 11 is 4.74. The second-order valence-corrected chi connectivity index (χ2v) is 11.3. The number of allylic oxidation sites excluding steroid dienone is 1. The number of thiol groups is 1. The van der Waals surface area contributed by atoms with Gasteiger partial charge in [0, 0.05) is 18.0 Å². The van der Waals surface area contributed by atoms with E-state index in [2.05, 4.69) is 61.0 Å². The Kier molecular flexibility index (Phi) is 10.1. The maximum absolute atomic E-state index is 11.8. The van der Waals surface area contributed by atoms with Crippen molar-refractivity contribution in [3.8, 4) is 0 Å². The summed E-state index contributed by atoms with van der Waals surface area (Å²) in [5, 5.41) is 22.4. The van der Waals surface area contributed by atoms with Crippen LogP contribution in [0.4, 0.5) is 0 Å². The Morgan fingerprint density at radius 1 is 1.39 bits per heavy atom. The molecule has 0 amide bonds. The van der Waals surface area contributed by atoms with E-state index in [0.29, 0.717) is 18.6 Å².